The third kappa shape index (κ3) is 3.07. The summed E-state index contributed by atoms with van der Waals surface area (Å²) in [5.41, 5.74) is 1.92. The minimum absolute atomic E-state index is 0.430. The first kappa shape index (κ1) is 14.3. The Hall–Kier alpha value is -1.12. The second-order valence-electron chi connectivity index (χ2n) is 3.92. The van der Waals surface area contributed by atoms with Crippen LogP contribution in [0, 0.1) is 0 Å². The van der Waals surface area contributed by atoms with Gasteiger partial charge in [0.15, 0.2) is 0 Å². The molecule has 0 amide bonds. The van der Waals surface area contributed by atoms with Crippen molar-refractivity contribution in [3.8, 4) is 0 Å². The second kappa shape index (κ2) is 5.89. The Morgan fingerprint density at radius 3 is 2.26 bits per heavy atom. The number of hydrogen-bond donors (Lipinski definition) is 0. The van der Waals surface area contributed by atoms with E-state index < -0.39 is 7.60 Å². The average molecular weight is 297 g/mol. The van der Waals surface area contributed by atoms with E-state index in [0.717, 1.165) is 11.1 Å². The van der Waals surface area contributed by atoms with Crippen LogP contribution >= 0.6 is 19.2 Å². The molecule has 1 aromatic rings. The molecule has 100 valence electrons. The molecule has 0 N–H and O–H groups in total. The summed E-state index contributed by atoms with van der Waals surface area (Å²) < 4.78 is 22.5. The average Bonchev–Trinajstić information content (AvgIpc) is 2.42. The number of fused-ring (bicyclic) bond motifs is 1. The molecule has 0 atom stereocenters. The van der Waals surface area contributed by atoms with E-state index in [1.165, 1.54) is 14.2 Å². The van der Waals surface area contributed by atoms with Gasteiger partial charge in [-0.3, -0.25) is 4.57 Å². The number of halogens is 1. The van der Waals surface area contributed by atoms with Crippen molar-refractivity contribution in [1.29, 1.82) is 0 Å². The standard InChI is InChI=1S/C14H14ClO3P/c1-17-19(16,18-2)14-9-12-6-4-3-5-11(12)7-8-13(15)10-14/h3-10H,1-2H3/b8-7+,11-7?,12-9?,13-8?,13-10+,14-9+,14-10?. The molecule has 0 radical (unpaired) electrons. The van der Waals surface area contributed by atoms with Crippen LogP contribution in [-0.2, 0) is 13.6 Å². The Morgan fingerprint density at radius 2 is 1.63 bits per heavy atom. The molecule has 5 heteroatoms. The first-order valence-corrected chi connectivity index (χ1v) is 7.59. The number of rotatable bonds is 3. The van der Waals surface area contributed by atoms with Gasteiger partial charge in [0.1, 0.15) is 0 Å². The summed E-state index contributed by atoms with van der Waals surface area (Å²) in [7, 11) is -0.621. The zero-order chi connectivity index (χ0) is 13.9. The molecule has 0 fully saturated rings. The Labute approximate surface area is 117 Å². The Balaban J connectivity index is 2.63. The molecular weight excluding hydrogens is 283 g/mol. The van der Waals surface area contributed by atoms with Crippen LogP contribution in [0.5, 0.6) is 0 Å². The third-order valence-electron chi connectivity index (χ3n) is 2.80. The number of benzene rings is 1. The highest BCUT2D eigenvalue weighted by molar-refractivity contribution is 7.59. The summed E-state index contributed by atoms with van der Waals surface area (Å²) >= 11 is 6.08. The lowest BCUT2D eigenvalue weighted by atomic mass is 10.1. The van der Waals surface area contributed by atoms with E-state index in [0.29, 0.717) is 10.3 Å². The largest absolute Gasteiger partial charge is 0.360 e. The van der Waals surface area contributed by atoms with E-state index in [1.54, 1.807) is 18.2 Å². The molecule has 0 saturated carbocycles. The van der Waals surface area contributed by atoms with Crippen molar-refractivity contribution in [2.45, 2.75) is 0 Å². The molecule has 1 aliphatic rings. The Morgan fingerprint density at radius 1 is 1.00 bits per heavy atom. The summed E-state index contributed by atoms with van der Waals surface area (Å²) in [4.78, 5) is 0. The van der Waals surface area contributed by atoms with E-state index in [-0.39, 0.29) is 0 Å². The molecule has 0 bridgehead atoms. The zero-order valence-corrected chi connectivity index (χ0v) is 12.3. The van der Waals surface area contributed by atoms with E-state index in [4.69, 9.17) is 20.6 Å². The highest BCUT2D eigenvalue weighted by Crippen LogP contribution is 2.56. The molecular formula is C14H14ClO3P. The molecule has 1 aromatic carbocycles. The lowest BCUT2D eigenvalue weighted by Gasteiger charge is -2.16. The smallest absolute Gasteiger partial charge is 0.309 e. The third-order valence-corrected chi connectivity index (χ3v) is 4.89. The summed E-state index contributed by atoms with van der Waals surface area (Å²) in [6.45, 7) is 0. The van der Waals surface area contributed by atoms with Crippen LogP contribution in [-0.4, -0.2) is 14.2 Å². The molecule has 0 aromatic heterocycles. The van der Waals surface area contributed by atoms with Crippen LogP contribution in [0.3, 0.4) is 0 Å². The molecule has 0 saturated heterocycles. The lowest BCUT2D eigenvalue weighted by Crippen LogP contribution is -1.93. The van der Waals surface area contributed by atoms with E-state index in [1.807, 2.05) is 30.3 Å². The first-order chi connectivity index (χ1) is 9.09. The van der Waals surface area contributed by atoms with E-state index in [2.05, 4.69) is 0 Å². The fourth-order valence-electron chi connectivity index (χ4n) is 1.80. The Bertz CT molecular complexity index is 609. The minimum Gasteiger partial charge on any atom is -0.309 e. The number of hydrogen-bond acceptors (Lipinski definition) is 3. The summed E-state index contributed by atoms with van der Waals surface area (Å²) in [5, 5.41) is 0.898. The van der Waals surface area contributed by atoms with Gasteiger partial charge in [0, 0.05) is 19.3 Å². The van der Waals surface area contributed by atoms with Gasteiger partial charge in [0.2, 0.25) is 0 Å². The zero-order valence-electron chi connectivity index (χ0n) is 10.7. The van der Waals surface area contributed by atoms with Crippen LogP contribution in [0.15, 0.2) is 46.8 Å². The second-order valence-corrected chi connectivity index (χ2v) is 6.60. The first-order valence-electron chi connectivity index (χ1n) is 5.67. The van der Waals surface area contributed by atoms with Crippen LogP contribution < -0.4 is 0 Å². The van der Waals surface area contributed by atoms with Gasteiger partial charge in [-0.05, 0) is 29.4 Å². The van der Waals surface area contributed by atoms with Crippen molar-refractivity contribution in [3.05, 3.63) is 57.9 Å². The van der Waals surface area contributed by atoms with Gasteiger partial charge in [0.25, 0.3) is 0 Å². The van der Waals surface area contributed by atoms with Gasteiger partial charge in [-0.25, -0.2) is 0 Å². The summed E-state index contributed by atoms with van der Waals surface area (Å²) in [6, 6.07) is 7.74. The maximum Gasteiger partial charge on any atom is 0.360 e. The SMILES string of the molecule is COP(=O)(OC)C1=C/c2ccccc2/C=C/C(Cl)=C\1. The van der Waals surface area contributed by atoms with Crippen LogP contribution in [0.25, 0.3) is 12.2 Å². The van der Waals surface area contributed by atoms with Crippen molar-refractivity contribution in [2.75, 3.05) is 14.2 Å². The minimum atomic E-state index is -3.33. The van der Waals surface area contributed by atoms with E-state index >= 15 is 0 Å². The molecule has 19 heavy (non-hydrogen) atoms. The van der Waals surface area contributed by atoms with Crippen molar-refractivity contribution in [1.82, 2.24) is 0 Å². The van der Waals surface area contributed by atoms with Gasteiger partial charge in [-0.2, -0.15) is 0 Å². The highest BCUT2D eigenvalue weighted by Gasteiger charge is 2.26. The number of allylic oxidation sites excluding steroid dienone is 4. The molecule has 0 unspecified atom stereocenters. The molecule has 1 aliphatic carbocycles. The van der Waals surface area contributed by atoms with E-state index in [9.17, 15) is 4.57 Å². The van der Waals surface area contributed by atoms with Gasteiger partial charge < -0.3 is 9.05 Å². The van der Waals surface area contributed by atoms with Crippen molar-refractivity contribution < 1.29 is 13.6 Å². The molecule has 3 nitrogen and oxygen atoms in total. The maximum atomic E-state index is 12.5. The Kier molecular flexibility index (Phi) is 4.43. The van der Waals surface area contributed by atoms with Crippen molar-refractivity contribution in [3.63, 3.8) is 0 Å². The molecule has 0 spiro atoms. The van der Waals surface area contributed by atoms with Crippen molar-refractivity contribution in [2.24, 2.45) is 0 Å². The predicted octanol–water partition coefficient (Wildman–Crippen LogP) is 4.66. The van der Waals surface area contributed by atoms with Crippen LogP contribution in [0.2, 0.25) is 0 Å². The topological polar surface area (TPSA) is 35.5 Å². The predicted molar refractivity (Wildman–Crippen MR) is 79.0 cm³/mol. The van der Waals surface area contributed by atoms with Crippen LogP contribution in [0.1, 0.15) is 11.1 Å². The lowest BCUT2D eigenvalue weighted by molar-refractivity contribution is 0.284. The normalized spacial score (nSPS) is 22.3. The molecule has 2 rings (SSSR count). The molecule has 0 aliphatic heterocycles. The fourth-order valence-corrected chi connectivity index (χ4v) is 3.22. The molecule has 0 heterocycles. The quantitative estimate of drug-likeness (QED) is 0.761. The van der Waals surface area contributed by atoms with Gasteiger partial charge in [0.05, 0.1) is 5.31 Å². The van der Waals surface area contributed by atoms with Crippen molar-refractivity contribution >= 4 is 31.3 Å². The highest BCUT2D eigenvalue weighted by atomic mass is 35.5. The summed E-state index contributed by atoms with van der Waals surface area (Å²) in [5.74, 6) is 0. The monoisotopic (exact) mass is 296 g/mol. The summed E-state index contributed by atoms with van der Waals surface area (Å²) in [6.07, 6.45) is 7.03. The van der Waals surface area contributed by atoms with Crippen LogP contribution in [0.4, 0.5) is 0 Å². The fraction of sp³-hybridized carbons (Fsp3) is 0.143. The van der Waals surface area contributed by atoms with Gasteiger partial charge in [-0.15, -0.1) is 0 Å². The maximum absolute atomic E-state index is 12.5. The van der Waals surface area contributed by atoms with Gasteiger partial charge >= 0.3 is 7.60 Å². The van der Waals surface area contributed by atoms with Gasteiger partial charge in [-0.1, -0.05) is 41.9 Å².